The van der Waals surface area contributed by atoms with Crippen LogP contribution in [0.5, 0.6) is 0 Å². The number of allylic oxidation sites excluding steroid dienone is 2. The molecule has 25 heavy (non-hydrogen) atoms. The number of benzene rings is 1. The molecule has 1 heterocycles. The van der Waals surface area contributed by atoms with E-state index in [1.807, 2.05) is 12.2 Å². The summed E-state index contributed by atoms with van der Waals surface area (Å²) in [5.74, 6) is -2.64. The first-order chi connectivity index (χ1) is 12.0. The Hall–Kier alpha value is -2.67. The molecule has 2 N–H and O–H groups in total. The van der Waals surface area contributed by atoms with Gasteiger partial charge in [-0.3, -0.25) is 9.59 Å². The molecule has 1 amide bonds. The summed E-state index contributed by atoms with van der Waals surface area (Å²) in [5.41, 5.74) is 1.08. The molecule has 7 nitrogen and oxygen atoms in total. The van der Waals surface area contributed by atoms with Gasteiger partial charge in [0.25, 0.3) is 0 Å². The van der Waals surface area contributed by atoms with Crippen molar-refractivity contribution in [2.75, 3.05) is 5.32 Å². The Morgan fingerprint density at radius 3 is 2.68 bits per heavy atom. The maximum absolute atomic E-state index is 12.9. The van der Waals surface area contributed by atoms with E-state index in [0.717, 1.165) is 0 Å². The zero-order valence-corrected chi connectivity index (χ0v) is 13.8. The van der Waals surface area contributed by atoms with E-state index in [1.54, 1.807) is 18.2 Å². The third-order valence-electron chi connectivity index (χ3n) is 4.93. The minimum absolute atomic E-state index is 0.0416. The summed E-state index contributed by atoms with van der Waals surface area (Å²) in [4.78, 5) is 28.4. The summed E-state index contributed by atoms with van der Waals surface area (Å²) in [5, 5.41) is 16.9. The minimum Gasteiger partial charge on any atom is -0.481 e. The Balaban J connectivity index is 1.64. The lowest BCUT2D eigenvalue weighted by atomic mass is 9.82. The van der Waals surface area contributed by atoms with Gasteiger partial charge in [-0.2, -0.15) is 5.10 Å². The van der Waals surface area contributed by atoms with Gasteiger partial charge in [0, 0.05) is 5.02 Å². The fourth-order valence-corrected chi connectivity index (χ4v) is 4.05. The van der Waals surface area contributed by atoms with Crippen LogP contribution in [0.25, 0.3) is 5.69 Å². The van der Waals surface area contributed by atoms with Gasteiger partial charge in [0.15, 0.2) is 0 Å². The number of carbonyl (C=O) groups is 2. The molecule has 2 aliphatic rings. The molecule has 0 spiro atoms. The van der Waals surface area contributed by atoms with Crippen molar-refractivity contribution in [3.05, 3.63) is 48.0 Å². The summed E-state index contributed by atoms with van der Waals surface area (Å²) in [7, 11) is 0. The van der Waals surface area contributed by atoms with Gasteiger partial charge < -0.3 is 10.4 Å². The van der Waals surface area contributed by atoms with E-state index < -0.39 is 17.8 Å². The van der Waals surface area contributed by atoms with E-state index in [4.69, 9.17) is 11.6 Å². The molecule has 1 fully saturated rings. The first-order valence-corrected chi connectivity index (χ1v) is 8.29. The molecule has 4 atom stereocenters. The smallest absolute Gasteiger partial charge is 0.307 e. The summed E-state index contributed by atoms with van der Waals surface area (Å²) in [6, 6.07) is 5.03. The van der Waals surface area contributed by atoms with E-state index in [-0.39, 0.29) is 17.7 Å². The number of hydrogen-bond donors (Lipinski definition) is 2. The number of hydrogen-bond acceptors (Lipinski definition) is 4. The molecular formula is C17H15ClN4O3. The van der Waals surface area contributed by atoms with E-state index in [2.05, 4.69) is 15.4 Å². The van der Waals surface area contributed by atoms with Crippen molar-refractivity contribution in [2.45, 2.75) is 6.42 Å². The Morgan fingerprint density at radius 2 is 2.00 bits per heavy atom. The first kappa shape index (κ1) is 15.8. The Bertz CT molecular complexity index is 865. The number of carboxylic acids is 1. The van der Waals surface area contributed by atoms with Gasteiger partial charge in [-0.25, -0.2) is 9.67 Å². The summed E-state index contributed by atoms with van der Waals surface area (Å²) >= 11 is 6.06. The molecule has 0 unspecified atom stereocenters. The highest BCUT2D eigenvalue weighted by atomic mass is 35.5. The van der Waals surface area contributed by atoms with Crippen LogP contribution in [0.1, 0.15) is 6.42 Å². The average molecular weight is 359 g/mol. The van der Waals surface area contributed by atoms with Crippen molar-refractivity contribution >= 4 is 29.2 Å². The molecule has 1 aromatic carbocycles. The third kappa shape index (κ3) is 2.70. The number of aromatic nitrogens is 3. The number of halogens is 1. The van der Waals surface area contributed by atoms with E-state index >= 15 is 0 Å². The molecule has 0 radical (unpaired) electrons. The monoisotopic (exact) mass is 358 g/mol. The lowest BCUT2D eigenvalue weighted by Gasteiger charge is -2.24. The van der Waals surface area contributed by atoms with Gasteiger partial charge in [-0.05, 0) is 36.5 Å². The Morgan fingerprint density at radius 1 is 1.24 bits per heavy atom. The van der Waals surface area contributed by atoms with Gasteiger partial charge in [0.2, 0.25) is 5.91 Å². The molecule has 128 valence electrons. The van der Waals surface area contributed by atoms with Crippen LogP contribution < -0.4 is 5.32 Å². The fraction of sp³-hybridized carbons (Fsp3) is 0.294. The van der Waals surface area contributed by atoms with E-state index in [0.29, 0.717) is 22.8 Å². The van der Waals surface area contributed by atoms with E-state index in [9.17, 15) is 14.7 Å². The number of aliphatic carboxylic acids is 1. The highest BCUT2D eigenvalue weighted by molar-refractivity contribution is 6.31. The Labute approximate surface area is 148 Å². The number of amides is 1. The molecule has 2 aliphatic carbocycles. The van der Waals surface area contributed by atoms with E-state index in [1.165, 1.54) is 17.3 Å². The standard InChI is InChI=1S/C17H15ClN4O3/c18-11-3-4-13(22-8-19-7-20-22)12(6-11)21-16(23)14-9-1-2-10(5-9)15(14)17(24)25/h1-4,6-10,14-15H,5H2,(H,21,23)(H,24,25)/t9-,10+,14+,15+/m1/s1. The number of anilines is 1. The van der Waals surface area contributed by atoms with Crippen molar-refractivity contribution in [1.29, 1.82) is 0 Å². The molecule has 1 aromatic heterocycles. The molecule has 0 aliphatic heterocycles. The number of carbonyl (C=O) groups excluding carboxylic acids is 1. The van der Waals surface area contributed by atoms with Crippen LogP contribution in [0.3, 0.4) is 0 Å². The zero-order chi connectivity index (χ0) is 17.6. The highest BCUT2D eigenvalue weighted by Gasteiger charge is 2.51. The third-order valence-corrected chi connectivity index (χ3v) is 5.16. The van der Waals surface area contributed by atoms with Gasteiger partial charge in [0.1, 0.15) is 12.7 Å². The van der Waals surface area contributed by atoms with Gasteiger partial charge >= 0.3 is 5.97 Å². The molecule has 8 heteroatoms. The lowest BCUT2D eigenvalue weighted by Crippen LogP contribution is -2.36. The maximum Gasteiger partial charge on any atom is 0.307 e. The number of fused-ring (bicyclic) bond motifs is 2. The van der Waals surface area contributed by atoms with Crippen LogP contribution in [0, 0.1) is 23.7 Å². The number of rotatable bonds is 4. The summed E-state index contributed by atoms with van der Waals surface area (Å²) < 4.78 is 1.52. The van der Waals surface area contributed by atoms with Crippen molar-refractivity contribution in [3.8, 4) is 5.69 Å². The molecule has 1 saturated carbocycles. The molecule has 0 saturated heterocycles. The number of nitrogens with zero attached hydrogens (tertiary/aromatic N) is 3. The van der Waals surface area contributed by atoms with Crippen LogP contribution in [-0.2, 0) is 9.59 Å². The number of carboxylic acid groups (broad SMARTS) is 1. The van der Waals surface area contributed by atoms with Crippen molar-refractivity contribution in [2.24, 2.45) is 23.7 Å². The molecule has 2 aromatic rings. The van der Waals surface area contributed by atoms with Gasteiger partial charge in [-0.15, -0.1) is 0 Å². The van der Waals surface area contributed by atoms with Crippen LogP contribution in [0.2, 0.25) is 5.02 Å². The predicted molar refractivity (Wildman–Crippen MR) is 90.4 cm³/mol. The molecular weight excluding hydrogens is 344 g/mol. The highest BCUT2D eigenvalue weighted by Crippen LogP contribution is 2.48. The second-order valence-corrected chi connectivity index (χ2v) is 6.77. The van der Waals surface area contributed by atoms with Gasteiger partial charge in [0.05, 0.1) is 23.2 Å². The first-order valence-electron chi connectivity index (χ1n) is 7.91. The lowest BCUT2D eigenvalue weighted by molar-refractivity contribution is -0.146. The predicted octanol–water partition coefficient (Wildman–Crippen LogP) is 2.38. The topological polar surface area (TPSA) is 97.1 Å². The van der Waals surface area contributed by atoms with Crippen LogP contribution >= 0.6 is 11.6 Å². The van der Waals surface area contributed by atoms with Crippen molar-refractivity contribution < 1.29 is 14.7 Å². The quantitative estimate of drug-likeness (QED) is 0.818. The van der Waals surface area contributed by atoms with Crippen LogP contribution in [-0.4, -0.2) is 31.7 Å². The summed E-state index contributed by atoms with van der Waals surface area (Å²) in [6.07, 6.45) is 7.47. The largest absolute Gasteiger partial charge is 0.481 e. The van der Waals surface area contributed by atoms with Crippen molar-refractivity contribution in [3.63, 3.8) is 0 Å². The zero-order valence-electron chi connectivity index (χ0n) is 13.0. The second kappa shape index (κ2) is 6.00. The molecule has 4 rings (SSSR count). The normalized spacial score (nSPS) is 26.8. The number of nitrogens with one attached hydrogen (secondary N) is 1. The Kier molecular flexibility index (Phi) is 3.80. The van der Waals surface area contributed by atoms with Gasteiger partial charge in [-0.1, -0.05) is 23.8 Å². The van der Waals surface area contributed by atoms with Crippen LogP contribution in [0.15, 0.2) is 43.0 Å². The fourth-order valence-electron chi connectivity index (χ4n) is 3.87. The van der Waals surface area contributed by atoms with Crippen LogP contribution in [0.4, 0.5) is 5.69 Å². The maximum atomic E-state index is 12.9. The second-order valence-electron chi connectivity index (χ2n) is 6.33. The molecule has 2 bridgehead atoms. The average Bonchev–Trinajstić information content (AvgIpc) is 3.31. The summed E-state index contributed by atoms with van der Waals surface area (Å²) in [6.45, 7) is 0. The van der Waals surface area contributed by atoms with Crippen molar-refractivity contribution in [1.82, 2.24) is 14.8 Å². The SMILES string of the molecule is O=C(Nc1cc(Cl)ccc1-n1cncn1)[C@@H]1[C@@H](C(=O)O)[C@H]2C=C[C@@H]1C2. The minimum atomic E-state index is -0.931.